The first-order valence-electron chi connectivity index (χ1n) is 7.61. The van der Waals surface area contributed by atoms with E-state index in [4.69, 9.17) is 9.47 Å². The molecule has 0 aliphatic carbocycles. The summed E-state index contributed by atoms with van der Waals surface area (Å²) in [7, 11) is 0. The lowest BCUT2D eigenvalue weighted by atomic mass is 9.99. The van der Waals surface area contributed by atoms with Crippen LogP contribution in [-0.2, 0) is 9.47 Å². The normalized spacial score (nSPS) is 19.4. The van der Waals surface area contributed by atoms with Gasteiger partial charge < -0.3 is 9.47 Å². The average molecular weight is 242 g/mol. The van der Waals surface area contributed by atoms with Crippen molar-refractivity contribution in [2.24, 2.45) is 0 Å². The molecule has 0 aromatic rings. The van der Waals surface area contributed by atoms with E-state index >= 15 is 0 Å². The second-order valence-corrected chi connectivity index (χ2v) is 5.23. The molecule has 0 atom stereocenters. The molecule has 1 saturated heterocycles. The molecule has 17 heavy (non-hydrogen) atoms. The topological polar surface area (TPSA) is 18.5 Å². The van der Waals surface area contributed by atoms with E-state index < -0.39 is 0 Å². The Balaban J connectivity index is 2.24. The Hall–Kier alpha value is -0.0800. The molecular formula is C15H30O2. The Morgan fingerprint density at radius 2 is 1.35 bits per heavy atom. The first kappa shape index (κ1) is 15.0. The number of hydrogen-bond acceptors (Lipinski definition) is 2. The molecule has 0 unspecified atom stereocenters. The van der Waals surface area contributed by atoms with Crippen molar-refractivity contribution in [1.82, 2.24) is 0 Å². The molecule has 2 nitrogen and oxygen atoms in total. The highest BCUT2D eigenvalue weighted by Gasteiger charge is 2.33. The van der Waals surface area contributed by atoms with Gasteiger partial charge in [-0.15, -0.1) is 0 Å². The zero-order valence-corrected chi connectivity index (χ0v) is 11.8. The van der Waals surface area contributed by atoms with Gasteiger partial charge in [0.15, 0.2) is 5.79 Å². The summed E-state index contributed by atoms with van der Waals surface area (Å²) in [6, 6.07) is 0. The average Bonchev–Trinajstić information content (AvgIpc) is 2.37. The fourth-order valence-electron chi connectivity index (χ4n) is 2.47. The number of rotatable bonds is 9. The van der Waals surface area contributed by atoms with Gasteiger partial charge >= 0.3 is 0 Å². The minimum Gasteiger partial charge on any atom is -0.350 e. The first-order chi connectivity index (χ1) is 8.33. The minimum atomic E-state index is -0.222. The predicted molar refractivity (Wildman–Crippen MR) is 72.2 cm³/mol. The monoisotopic (exact) mass is 242 g/mol. The molecule has 0 aromatic heterocycles. The van der Waals surface area contributed by atoms with Crippen molar-refractivity contribution in [1.29, 1.82) is 0 Å². The second kappa shape index (κ2) is 8.93. The lowest BCUT2D eigenvalue weighted by molar-refractivity contribution is -0.274. The maximum Gasteiger partial charge on any atom is 0.168 e. The Labute approximate surface area is 107 Å². The summed E-state index contributed by atoms with van der Waals surface area (Å²) in [6.45, 7) is 6.27. The molecule has 0 amide bonds. The van der Waals surface area contributed by atoms with Crippen LogP contribution in [0.4, 0.5) is 0 Å². The van der Waals surface area contributed by atoms with Gasteiger partial charge in [-0.25, -0.2) is 0 Å². The molecule has 1 aliphatic heterocycles. The summed E-state index contributed by atoms with van der Waals surface area (Å²) in [4.78, 5) is 0. The Morgan fingerprint density at radius 1 is 0.765 bits per heavy atom. The van der Waals surface area contributed by atoms with Crippen molar-refractivity contribution in [2.75, 3.05) is 13.2 Å². The second-order valence-electron chi connectivity index (χ2n) is 5.23. The standard InChI is InChI=1S/C15H30O2/c1-3-5-7-8-9-12-15(11-6-4-2)16-13-10-14-17-15/h3-14H2,1-2H3. The fourth-order valence-corrected chi connectivity index (χ4v) is 2.47. The van der Waals surface area contributed by atoms with Gasteiger partial charge in [-0.2, -0.15) is 0 Å². The molecule has 1 fully saturated rings. The molecule has 0 N–H and O–H groups in total. The van der Waals surface area contributed by atoms with E-state index in [9.17, 15) is 0 Å². The maximum atomic E-state index is 5.95. The molecule has 0 spiro atoms. The van der Waals surface area contributed by atoms with E-state index in [0.29, 0.717) is 0 Å². The van der Waals surface area contributed by atoms with Crippen LogP contribution in [0.2, 0.25) is 0 Å². The van der Waals surface area contributed by atoms with Crippen LogP contribution in [0.25, 0.3) is 0 Å². The Morgan fingerprint density at radius 3 is 2.00 bits per heavy atom. The number of unbranched alkanes of at least 4 members (excludes halogenated alkanes) is 5. The third kappa shape index (κ3) is 5.87. The van der Waals surface area contributed by atoms with Gasteiger partial charge in [0.2, 0.25) is 0 Å². The van der Waals surface area contributed by atoms with Crippen molar-refractivity contribution in [3.63, 3.8) is 0 Å². The van der Waals surface area contributed by atoms with Crippen molar-refractivity contribution in [3.05, 3.63) is 0 Å². The van der Waals surface area contributed by atoms with Gasteiger partial charge in [-0.05, 0) is 19.3 Å². The Bertz CT molecular complexity index is 174. The van der Waals surface area contributed by atoms with Crippen molar-refractivity contribution >= 4 is 0 Å². The predicted octanol–water partition coefficient (Wildman–Crippen LogP) is 4.67. The third-order valence-corrected chi connectivity index (χ3v) is 3.59. The van der Waals surface area contributed by atoms with Crippen LogP contribution in [-0.4, -0.2) is 19.0 Å². The number of ether oxygens (including phenoxy) is 2. The van der Waals surface area contributed by atoms with Gasteiger partial charge in [0.05, 0.1) is 13.2 Å². The largest absolute Gasteiger partial charge is 0.350 e. The summed E-state index contributed by atoms with van der Waals surface area (Å²) in [5, 5.41) is 0. The minimum absolute atomic E-state index is 0.222. The van der Waals surface area contributed by atoms with Crippen LogP contribution in [0.5, 0.6) is 0 Å². The Kier molecular flexibility index (Phi) is 7.87. The highest BCUT2D eigenvalue weighted by atomic mass is 16.7. The van der Waals surface area contributed by atoms with E-state index in [1.165, 1.54) is 44.9 Å². The molecule has 0 aromatic carbocycles. The van der Waals surface area contributed by atoms with Crippen LogP contribution in [0.3, 0.4) is 0 Å². The highest BCUT2D eigenvalue weighted by Crippen LogP contribution is 2.30. The fraction of sp³-hybridized carbons (Fsp3) is 1.00. The quantitative estimate of drug-likeness (QED) is 0.547. The molecule has 1 rings (SSSR count). The van der Waals surface area contributed by atoms with Crippen molar-refractivity contribution < 1.29 is 9.47 Å². The molecule has 102 valence electrons. The molecular weight excluding hydrogens is 212 g/mol. The first-order valence-corrected chi connectivity index (χ1v) is 7.61. The van der Waals surface area contributed by atoms with Gasteiger partial charge in [0, 0.05) is 12.8 Å². The maximum absolute atomic E-state index is 5.95. The van der Waals surface area contributed by atoms with Gasteiger partial charge in [0.25, 0.3) is 0 Å². The van der Waals surface area contributed by atoms with Gasteiger partial charge in [-0.1, -0.05) is 46.0 Å². The molecule has 0 radical (unpaired) electrons. The molecule has 2 heteroatoms. The smallest absolute Gasteiger partial charge is 0.168 e. The third-order valence-electron chi connectivity index (χ3n) is 3.59. The zero-order valence-electron chi connectivity index (χ0n) is 11.8. The summed E-state index contributed by atoms with van der Waals surface area (Å²) >= 11 is 0. The zero-order chi connectivity index (χ0) is 12.4. The van der Waals surface area contributed by atoms with Crippen LogP contribution in [0.15, 0.2) is 0 Å². The number of hydrogen-bond donors (Lipinski definition) is 0. The van der Waals surface area contributed by atoms with Crippen molar-refractivity contribution in [2.45, 2.75) is 83.8 Å². The SMILES string of the molecule is CCCCCCCC1(CCCC)OCCCO1. The summed E-state index contributed by atoms with van der Waals surface area (Å²) in [6.07, 6.45) is 12.3. The molecule has 1 aliphatic rings. The van der Waals surface area contributed by atoms with Crippen LogP contribution in [0, 0.1) is 0 Å². The van der Waals surface area contributed by atoms with E-state index in [-0.39, 0.29) is 5.79 Å². The van der Waals surface area contributed by atoms with Crippen LogP contribution < -0.4 is 0 Å². The van der Waals surface area contributed by atoms with E-state index in [1.54, 1.807) is 0 Å². The summed E-state index contributed by atoms with van der Waals surface area (Å²) in [5.74, 6) is -0.222. The lowest BCUT2D eigenvalue weighted by Gasteiger charge is -2.37. The van der Waals surface area contributed by atoms with Crippen LogP contribution in [0.1, 0.15) is 78.1 Å². The van der Waals surface area contributed by atoms with E-state index in [2.05, 4.69) is 13.8 Å². The lowest BCUT2D eigenvalue weighted by Crippen LogP contribution is -2.40. The van der Waals surface area contributed by atoms with Crippen LogP contribution >= 0.6 is 0 Å². The summed E-state index contributed by atoms with van der Waals surface area (Å²) in [5.41, 5.74) is 0. The van der Waals surface area contributed by atoms with Crippen molar-refractivity contribution in [3.8, 4) is 0 Å². The highest BCUT2D eigenvalue weighted by molar-refractivity contribution is 4.73. The molecule has 1 heterocycles. The van der Waals surface area contributed by atoms with E-state index in [1.807, 2.05) is 0 Å². The van der Waals surface area contributed by atoms with E-state index in [0.717, 1.165) is 32.5 Å². The van der Waals surface area contributed by atoms with Gasteiger partial charge in [-0.3, -0.25) is 0 Å². The summed E-state index contributed by atoms with van der Waals surface area (Å²) < 4.78 is 11.9. The molecule has 0 bridgehead atoms. The van der Waals surface area contributed by atoms with Gasteiger partial charge in [0.1, 0.15) is 0 Å². The molecule has 0 saturated carbocycles.